The lowest BCUT2D eigenvalue weighted by Crippen LogP contribution is -2.24. The van der Waals surface area contributed by atoms with Crippen molar-refractivity contribution in [2.75, 3.05) is 18.9 Å². The fraction of sp³-hybridized carbons (Fsp3) is 0.333. The third-order valence-electron chi connectivity index (χ3n) is 5.93. The number of aryl methyl sites for hydroxylation is 1. The summed E-state index contributed by atoms with van der Waals surface area (Å²) < 4.78 is 4.96. The minimum Gasteiger partial charge on any atom is -0.466 e. The fourth-order valence-electron chi connectivity index (χ4n) is 4.49. The fourth-order valence-corrected chi connectivity index (χ4v) is 4.49. The third-order valence-corrected chi connectivity index (χ3v) is 5.93. The maximum atomic E-state index is 11.6. The van der Waals surface area contributed by atoms with E-state index >= 15 is 0 Å². The first-order chi connectivity index (χ1) is 16.6. The second-order valence-electron chi connectivity index (χ2n) is 8.33. The minimum absolute atomic E-state index is 0.166. The zero-order valence-corrected chi connectivity index (χ0v) is 19.7. The summed E-state index contributed by atoms with van der Waals surface area (Å²) in [5.74, 6) is 0.210. The monoisotopic (exact) mass is 458 g/mol. The molecule has 1 aliphatic rings. The van der Waals surface area contributed by atoms with E-state index in [4.69, 9.17) is 15.3 Å². The zero-order chi connectivity index (χ0) is 23.9. The molecular weight excluding hydrogens is 428 g/mol. The van der Waals surface area contributed by atoms with Gasteiger partial charge in [-0.05, 0) is 49.3 Å². The number of carbonyl (C=O) groups excluding carboxylic acids is 1. The Kier molecular flexibility index (Phi) is 7.52. The summed E-state index contributed by atoms with van der Waals surface area (Å²) in [7, 11) is 0. The van der Waals surface area contributed by atoms with E-state index in [2.05, 4.69) is 63.7 Å². The van der Waals surface area contributed by atoms with Gasteiger partial charge in [-0.2, -0.15) is 0 Å². The van der Waals surface area contributed by atoms with Gasteiger partial charge in [-0.15, -0.1) is 0 Å². The average molecular weight is 459 g/mol. The van der Waals surface area contributed by atoms with Crippen molar-refractivity contribution in [3.63, 3.8) is 0 Å². The number of nitrogens with two attached hydrogens (primary N) is 1. The van der Waals surface area contributed by atoms with Gasteiger partial charge < -0.3 is 15.3 Å². The molecule has 1 aromatic heterocycles. The molecule has 0 bridgehead atoms. The topological polar surface area (TPSA) is 99.7 Å². The molecule has 0 aliphatic heterocycles. The Balaban J connectivity index is 1.61. The van der Waals surface area contributed by atoms with Crippen molar-refractivity contribution >= 4 is 17.6 Å². The molecule has 4 rings (SSSR count). The third kappa shape index (κ3) is 5.42. The smallest absolute Gasteiger partial charge is 0.305 e. The number of hydrogen-bond acceptors (Lipinski definition) is 7. The molecule has 1 heterocycles. The Morgan fingerprint density at radius 1 is 1.09 bits per heavy atom. The van der Waals surface area contributed by atoms with Crippen LogP contribution in [-0.2, 0) is 20.8 Å². The summed E-state index contributed by atoms with van der Waals surface area (Å²) >= 11 is 0. The first kappa shape index (κ1) is 23.4. The second-order valence-corrected chi connectivity index (χ2v) is 8.33. The van der Waals surface area contributed by atoms with Gasteiger partial charge in [0.15, 0.2) is 0 Å². The Morgan fingerprint density at radius 2 is 1.85 bits per heavy atom. The number of aromatic nitrogens is 2. The molecular formula is C27H30N4O3. The standard InChI is InChI=1S/C27H30N4O3/c1-3-33-25(32)14-9-15-34-31-24-17-20(16-23-26(24)18(2)29-27(28)30-23)22-13-8-7-12-21(22)19-10-5-4-6-11-19/h4-8,10-13,20H,3,9,14-17H2,1-2H3,(H2,28,29,30). The normalized spacial score (nSPS) is 16.2. The first-order valence-corrected chi connectivity index (χ1v) is 11.7. The van der Waals surface area contributed by atoms with Crippen LogP contribution in [0.3, 0.4) is 0 Å². The predicted molar refractivity (Wildman–Crippen MR) is 132 cm³/mol. The molecule has 1 aliphatic carbocycles. The van der Waals surface area contributed by atoms with Crippen LogP contribution >= 0.6 is 0 Å². The van der Waals surface area contributed by atoms with Crippen LogP contribution in [0.2, 0.25) is 0 Å². The number of fused-ring (bicyclic) bond motifs is 1. The van der Waals surface area contributed by atoms with Gasteiger partial charge in [-0.3, -0.25) is 4.79 Å². The highest BCUT2D eigenvalue weighted by Gasteiger charge is 2.30. The molecule has 2 N–H and O–H groups in total. The van der Waals surface area contributed by atoms with Crippen LogP contribution in [0.1, 0.15) is 54.6 Å². The number of esters is 1. The molecule has 0 amide bonds. The van der Waals surface area contributed by atoms with Crippen LogP contribution in [0, 0.1) is 6.92 Å². The van der Waals surface area contributed by atoms with Gasteiger partial charge in [-0.1, -0.05) is 59.8 Å². The summed E-state index contributed by atoms with van der Waals surface area (Å²) in [5, 5.41) is 4.48. The van der Waals surface area contributed by atoms with E-state index in [1.54, 1.807) is 6.92 Å². The highest BCUT2D eigenvalue weighted by Crippen LogP contribution is 2.38. The number of oxime groups is 1. The molecule has 0 spiro atoms. The predicted octanol–water partition coefficient (Wildman–Crippen LogP) is 4.83. The van der Waals surface area contributed by atoms with Crippen LogP contribution in [-0.4, -0.2) is 34.9 Å². The average Bonchev–Trinajstić information content (AvgIpc) is 2.84. The Hall–Kier alpha value is -3.74. The van der Waals surface area contributed by atoms with Gasteiger partial charge in [0.05, 0.1) is 23.7 Å². The van der Waals surface area contributed by atoms with Gasteiger partial charge in [0, 0.05) is 18.4 Å². The maximum absolute atomic E-state index is 11.6. The summed E-state index contributed by atoms with van der Waals surface area (Å²) in [6.45, 7) is 4.43. The van der Waals surface area contributed by atoms with E-state index < -0.39 is 0 Å². The number of benzene rings is 2. The van der Waals surface area contributed by atoms with E-state index in [1.807, 2.05) is 13.0 Å². The molecule has 0 fully saturated rings. The highest BCUT2D eigenvalue weighted by molar-refractivity contribution is 6.03. The molecule has 34 heavy (non-hydrogen) atoms. The van der Waals surface area contributed by atoms with E-state index in [9.17, 15) is 4.79 Å². The van der Waals surface area contributed by atoms with Crippen molar-refractivity contribution < 1.29 is 14.4 Å². The van der Waals surface area contributed by atoms with Crippen molar-refractivity contribution in [1.29, 1.82) is 0 Å². The lowest BCUT2D eigenvalue weighted by molar-refractivity contribution is -0.143. The van der Waals surface area contributed by atoms with E-state index in [0.717, 1.165) is 29.1 Å². The van der Waals surface area contributed by atoms with Crippen LogP contribution in [0.25, 0.3) is 11.1 Å². The minimum atomic E-state index is -0.223. The molecule has 7 heteroatoms. The van der Waals surface area contributed by atoms with Crippen molar-refractivity contribution in [3.8, 4) is 11.1 Å². The number of ether oxygens (including phenoxy) is 1. The van der Waals surface area contributed by atoms with E-state index in [-0.39, 0.29) is 17.8 Å². The molecule has 0 radical (unpaired) electrons. The Labute approximate surface area is 200 Å². The number of carbonyl (C=O) groups is 1. The number of rotatable bonds is 8. The van der Waals surface area contributed by atoms with Crippen LogP contribution in [0.4, 0.5) is 5.95 Å². The van der Waals surface area contributed by atoms with Crippen molar-refractivity contribution in [1.82, 2.24) is 9.97 Å². The molecule has 2 aromatic carbocycles. The molecule has 0 saturated heterocycles. The summed E-state index contributed by atoms with van der Waals surface area (Å²) in [4.78, 5) is 26.1. The van der Waals surface area contributed by atoms with Gasteiger partial charge in [0.1, 0.15) is 6.61 Å². The van der Waals surface area contributed by atoms with Crippen LogP contribution < -0.4 is 5.73 Å². The molecule has 3 aromatic rings. The Bertz CT molecular complexity index is 1180. The van der Waals surface area contributed by atoms with Gasteiger partial charge >= 0.3 is 5.97 Å². The zero-order valence-electron chi connectivity index (χ0n) is 19.7. The summed E-state index contributed by atoms with van der Waals surface area (Å²) in [6.07, 6.45) is 2.29. The van der Waals surface area contributed by atoms with Crippen molar-refractivity contribution in [2.45, 2.75) is 45.4 Å². The van der Waals surface area contributed by atoms with E-state index in [0.29, 0.717) is 32.5 Å². The number of nitrogen functional groups attached to an aromatic ring is 1. The SMILES string of the molecule is CCOC(=O)CCCON=C1CC(c2ccccc2-c2ccccc2)Cc2nc(N)nc(C)c21. The van der Waals surface area contributed by atoms with Crippen molar-refractivity contribution in [3.05, 3.63) is 77.1 Å². The largest absolute Gasteiger partial charge is 0.466 e. The Morgan fingerprint density at radius 3 is 2.65 bits per heavy atom. The number of nitrogens with zero attached hydrogens (tertiary/aromatic N) is 3. The van der Waals surface area contributed by atoms with E-state index in [1.165, 1.54) is 16.7 Å². The maximum Gasteiger partial charge on any atom is 0.305 e. The molecule has 7 nitrogen and oxygen atoms in total. The number of anilines is 1. The lowest BCUT2D eigenvalue weighted by atomic mass is 9.78. The number of hydrogen-bond donors (Lipinski definition) is 1. The molecule has 176 valence electrons. The van der Waals surface area contributed by atoms with Gasteiger partial charge in [0.25, 0.3) is 0 Å². The quantitative estimate of drug-likeness (QED) is 0.295. The molecule has 1 unspecified atom stereocenters. The van der Waals surface area contributed by atoms with Crippen LogP contribution in [0.5, 0.6) is 0 Å². The lowest BCUT2D eigenvalue weighted by Gasteiger charge is -2.28. The van der Waals surface area contributed by atoms with Crippen molar-refractivity contribution in [2.24, 2.45) is 5.16 Å². The molecule has 0 saturated carbocycles. The van der Waals surface area contributed by atoms with Gasteiger partial charge in [-0.25, -0.2) is 9.97 Å². The first-order valence-electron chi connectivity index (χ1n) is 11.7. The summed E-state index contributed by atoms with van der Waals surface area (Å²) in [6, 6.07) is 18.8. The van der Waals surface area contributed by atoms with Crippen LogP contribution in [0.15, 0.2) is 59.8 Å². The second kappa shape index (κ2) is 10.9. The highest BCUT2D eigenvalue weighted by atomic mass is 16.6. The van der Waals surface area contributed by atoms with Gasteiger partial charge in [0.2, 0.25) is 5.95 Å². The molecule has 1 atom stereocenters. The summed E-state index contributed by atoms with van der Waals surface area (Å²) in [5.41, 5.74) is 13.0.